The van der Waals surface area contributed by atoms with E-state index in [-0.39, 0.29) is 11.1 Å². The van der Waals surface area contributed by atoms with E-state index in [1.807, 2.05) is 6.07 Å². The maximum Gasteiger partial charge on any atom is 0.261 e. The molecule has 0 aliphatic heterocycles. The summed E-state index contributed by atoms with van der Waals surface area (Å²) in [4.78, 5) is 18.4. The molecule has 0 saturated heterocycles. The van der Waals surface area contributed by atoms with E-state index < -0.39 is 5.82 Å². The third-order valence-electron chi connectivity index (χ3n) is 5.87. The first-order valence-electron chi connectivity index (χ1n) is 10.9. The Morgan fingerprint density at radius 1 is 1.16 bits per heavy atom. The lowest BCUT2D eigenvalue weighted by Crippen LogP contribution is -2.26. The summed E-state index contributed by atoms with van der Waals surface area (Å²) in [5.74, 6) is 1.13. The molecule has 1 aromatic heterocycles. The molecule has 6 heteroatoms. The van der Waals surface area contributed by atoms with Crippen molar-refractivity contribution in [3.63, 3.8) is 0 Å². The minimum absolute atomic E-state index is 0.0437. The van der Waals surface area contributed by atoms with Gasteiger partial charge in [0.1, 0.15) is 23.5 Å². The molecular formula is C26H28FN3O2. The first-order valence-corrected chi connectivity index (χ1v) is 10.9. The van der Waals surface area contributed by atoms with Crippen LogP contribution < -0.4 is 10.3 Å². The lowest BCUT2D eigenvalue weighted by molar-refractivity contribution is 0.415. The maximum atomic E-state index is 14.5. The maximum absolute atomic E-state index is 14.5. The summed E-state index contributed by atoms with van der Waals surface area (Å²) in [6.07, 6.45) is 3.77. The van der Waals surface area contributed by atoms with Gasteiger partial charge in [0.15, 0.2) is 0 Å². The Kier molecular flexibility index (Phi) is 7.42. The second-order valence-corrected chi connectivity index (χ2v) is 7.92. The first-order chi connectivity index (χ1) is 15.4. The van der Waals surface area contributed by atoms with Gasteiger partial charge in [0, 0.05) is 19.0 Å². The molecule has 0 spiro atoms. The smallest absolute Gasteiger partial charge is 0.261 e. The molecule has 3 rings (SSSR count). The number of ether oxygens (including phenoxy) is 1. The van der Waals surface area contributed by atoms with Crippen LogP contribution in [0.1, 0.15) is 44.5 Å². The van der Waals surface area contributed by atoms with Crippen LogP contribution in [-0.2, 0) is 13.5 Å². The average molecular weight is 434 g/mol. The standard InChI is InChI=1S/C26H28FN3O2/c1-5-7-17(6-2)14-23-29-25(19-8-9-20(16-28)22(27)15-19)24(26(31)30(23)3)18-10-12-21(32-4)13-11-18/h8-13,15,17H,5-7,14H2,1-4H3. The van der Waals surface area contributed by atoms with Crippen LogP contribution in [0.15, 0.2) is 47.3 Å². The van der Waals surface area contributed by atoms with Gasteiger partial charge in [-0.25, -0.2) is 9.37 Å². The van der Waals surface area contributed by atoms with Gasteiger partial charge >= 0.3 is 0 Å². The van der Waals surface area contributed by atoms with Crippen LogP contribution in [0.3, 0.4) is 0 Å². The Morgan fingerprint density at radius 3 is 2.41 bits per heavy atom. The van der Waals surface area contributed by atoms with E-state index in [0.29, 0.717) is 46.3 Å². The second kappa shape index (κ2) is 10.2. The average Bonchev–Trinajstić information content (AvgIpc) is 2.81. The molecule has 0 aliphatic carbocycles. The molecule has 2 aromatic carbocycles. The molecule has 1 atom stereocenters. The van der Waals surface area contributed by atoms with E-state index in [4.69, 9.17) is 15.0 Å². The van der Waals surface area contributed by atoms with Gasteiger partial charge in [0.05, 0.1) is 23.9 Å². The van der Waals surface area contributed by atoms with Crippen LogP contribution in [0.4, 0.5) is 4.39 Å². The van der Waals surface area contributed by atoms with Gasteiger partial charge in [0.25, 0.3) is 5.56 Å². The number of halogens is 1. The number of nitrogens with zero attached hydrogens (tertiary/aromatic N) is 3. The molecule has 0 radical (unpaired) electrons. The fraction of sp³-hybridized carbons (Fsp3) is 0.346. The molecule has 5 nitrogen and oxygen atoms in total. The van der Waals surface area contributed by atoms with E-state index in [2.05, 4.69) is 13.8 Å². The fourth-order valence-electron chi connectivity index (χ4n) is 3.93. The lowest BCUT2D eigenvalue weighted by Gasteiger charge is -2.19. The molecule has 0 saturated carbocycles. The zero-order valence-corrected chi connectivity index (χ0v) is 19.0. The van der Waals surface area contributed by atoms with Crippen LogP contribution in [0.5, 0.6) is 5.75 Å². The van der Waals surface area contributed by atoms with Crippen LogP contribution in [0, 0.1) is 23.1 Å². The quantitative estimate of drug-likeness (QED) is 0.470. The summed E-state index contributed by atoms with van der Waals surface area (Å²) in [6, 6.07) is 13.3. The summed E-state index contributed by atoms with van der Waals surface area (Å²) < 4.78 is 21.3. The molecule has 0 bridgehead atoms. The molecule has 0 amide bonds. The fourth-order valence-corrected chi connectivity index (χ4v) is 3.93. The van der Waals surface area contributed by atoms with Gasteiger partial charge in [0.2, 0.25) is 0 Å². The van der Waals surface area contributed by atoms with Gasteiger partial charge in [-0.1, -0.05) is 51.3 Å². The number of nitriles is 1. The minimum atomic E-state index is -0.632. The summed E-state index contributed by atoms with van der Waals surface area (Å²) in [5.41, 5.74) is 1.72. The highest BCUT2D eigenvalue weighted by Gasteiger charge is 2.20. The zero-order chi connectivity index (χ0) is 23.3. The van der Waals surface area contributed by atoms with Gasteiger partial charge < -0.3 is 4.74 Å². The Balaban J connectivity index is 2.25. The molecule has 0 fully saturated rings. The van der Waals surface area contributed by atoms with E-state index in [0.717, 1.165) is 19.3 Å². The monoisotopic (exact) mass is 433 g/mol. The Hall–Kier alpha value is -3.46. The summed E-state index contributed by atoms with van der Waals surface area (Å²) in [6.45, 7) is 4.29. The van der Waals surface area contributed by atoms with Crippen LogP contribution in [0.2, 0.25) is 0 Å². The Bertz CT molecular complexity index is 1190. The molecule has 166 valence electrons. The Morgan fingerprint density at radius 2 is 1.84 bits per heavy atom. The van der Waals surface area contributed by atoms with Crippen molar-refractivity contribution in [1.82, 2.24) is 9.55 Å². The largest absolute Gasteiger partial charge is 0.497 e. The molecule has 0 N–H and O–H groups in total. The second-order valence-electron chi connectivity index (χ2n) is 7.92. The molecular weight excluding hydrogens is 405 g/mol. The highest BCUT2D eigenvalue weighted by Crippen LogP contribution is 2.31. The minimum Gasteiger partial charge on any atom is -0.497 e. The SMILES string of the molecule is CCCC(CC)Cc1nc(-c2ccc(C#N)c(F)c2)c(-c2ccc(OC)cc2)c(=O)n1C. The third kappa shape index (κ3) is 4.72. The van der Waals surface area contributed by atoms with E-state index in [1.54, 1.807) is 49.1 Å². The number of methoxy groups -OCH3 is 1. The summed E-state index contributed by atoms with van der Waals surface area (Å²) in [5, 5.41) is 9.09. The van der Waals surface area contributed by atoms with E-state index >= 15 is 0 Å². The van der Waals surface area contributed by atoms with Gasteiger partial charge in [-0.05, 0) is 35.7 Å². The van der Waals surface area contributed by atoms with Crippen LogP contribution in [0.25, 0.3) is 22.4 Å². The Labute approximate surface area is 188 Å². The van der Waals surface area contributed by atoms with Crippen molar-refractivity contribution in [3.8, 4) is 34.2 Å². The molecule has 3 aromatic rings. The van der Waals surface area contributed by atoms with Crippen LogP contribution >= 0.6 is 0 Å². The third-order valence-corrected chi connectivity index (χ3v) is 5.87. The first kappa shape index (κ1) is 23.2. The number of aromatic nitrogens is 2. The van der Waals surface area contributed by atoms with E-state index in [9.17, 15) is 9.18 Å². The number of hydrogen-bond donors (Lipinski definition) is 0. The molecule has 0 aliphatic rings. The van der Waals surface area contributed by atoms with Crippen molar-refractivity contribution < 1.29 is 9.13 Å². The normalized spacial score (nSPS) is 11.8. The van der Waals surface area contributed by atoms with Gasteiger partial charge in [-0.15, -0.1) is 0 Å². The van der Waals surface area contributed by atoms with Crippen molar-refractivity contribution >= 4 is 0 Å². The van der Waals surface area contributed by atoms with E-state index in [1.165, 1.54) is 12.1 Å². The number of hydrogen-bond acceptors (Lipinski definition) is 4. The number of rotatable bonds is 8. The highest BCUT2D eigenvalue weighted by atomic mass is 19.1. The lowest BCUT2D eigenvalue weighted by atomic mass is 9.95. The van der Waals surface area contributed by atoms with Gasteiger partial charge in [-0.2, -0.15) is 5.26 Å². The summed E-state index contributed by atoms with van der Waals surface area (Å²) >= 11 is 0. The van der Waals surface area contributed by atoms with Crippen molar-refractivity contribution in [2.24, 2.45) is 13.0 Å². The molecule has 32 heavy (non-hydrogen) atoms. The number of benzene rings is 2. The van der Waals surface area contributed by atoms with Crippen molar-refractivity contribution in [1.29, 1.82) is 5.26 Å². The predicted octanol–water partition coefficient (Wildman–Crippen LogP) is 5.50. The predicted molar refractivity (Wildman–Crippen MR) is 124 cm³/mol. The summed E-state index contributed by atoms with van der Waals surface area (Å²) in [7, 11) is 3.31. The van der Waals surface area contributed by atoms with Crippen LogP contribution in [-0.4, -0.2) is 16.7 Å². The van der Waals surface area contributed by atoms with Crippen molar-refractivity contribution in [2.45, 2.75) is 39.5 Å². The van der Waals surface area contributed by atoms with Crippen molar-refractivity contribution in [3.05, 3.63) is 70.0 Å². The highest BCUT2D eigenvalue weighted by molar-refractivity contribution is 5.80. The van der Waals surface area contributed by atoms with Gasteiger partial charge in [-0.3, -0.25) is 9.36 Å². The molecule has 1 unspecified atom stereocenters. The topological polar surface area (TPSA) is 67.9 Å². The molecule has 1 heterocycles. The van der Waals surface area contributed by atoms with Crippen molar-refractivity contribution in [2.75, 3.05) is 7.11 Å². The zero-order valence-electron chi connectivity index (χ0n) is 19.0.